The largest absolute Gasteiger partial charge is 0.399 e. The van der Waals surface area contributed by atoms with Crippen LogP contribution in [0.1, 0.15) is 12.0 Å². The van der Waals surface area contributed by atoms with Crippen molar-refractivity contribution in [3.63, 3.8) is 0 Å². The monoisotopic (exact) mass is 279 g/mol. The van der Waals surface area contributed by atoms with E-state index in [4.69, 9.17) is 5.73 Å². The van der Waals surface area contributed by atoms with Gasteiger partial charge in [0.2, 0.25) is 5.91 Å². The predicted molar refractivity (Wildman–Crippen MR) is 82.6 cm³/mol. The number of hydrogen-bond donors (Lipinski definition) is 2. The first kappa shape index (κ1) is 14.2. The zero-order valence-corrected chi connectivity index (χ0v) is 12.1. The number of carbonyl (C=O) groups is 1. The molecule has 19 heavy (non-hydrogen) atoms. The maximum absolute atomic E-state index is 11.9. The minimum atomic E-state index is 0.0620. The maximum Gasteiger partial charge on any atom is 0.225 e. The number of thioether (sulfide) groups is 1. The van der Waals surface area contributed by atoms with E-state index in [1.165, 1.54) is 11.5 Å². The van der Waals surface area contributed by atoms with Crippen molar-refractivity contribution in [3.8, 4) is 0 Å². The van der Waals surface area contributed by atoms with Crippen LogP contribution in [0.2, 0.25) is 0 Å². The molecule has 1 heterocycles. The molecular weight excluding hydrogens is 258 g/mol. The average molecular weight is 279 g/mol. The Morgan fingerprint density at radius 1 is 1.42 bits per heavy atom. The van der Waals surface area contributed by atoms with Crippen LogP contribution in [0, 0.1) is 6.92 Å². The Morgan fingerprint density at radius 2 is 2.16 bits per heavy atom. The van der Waals surface area contributed by atoms with Crippen LogP contribution in [-0.4, -0.2) is 41.9 Å². The molecule has 1 aromatic rings. The van der Waals surface area contributed by atoms with Gasteiger partial charge in [-0.05, 0) is 24.6 Å². The Hall–Kier alpha value is -1.20. The van der Waals surface area contributed by atoms with Crippen molar-refractivity contribution in [1.82, 2.24) is 4.90 Å². The highest BCUT2D eigenvalue weighted by atomic mass is 32.2. The van der Waals surface area contributed by atoms with E-state index < -0.39 is 0 Å². The predicted octanol–water partition coefficient (Wildman–Crippen LogP) is 1.95. The summed E-state index contributed by atoms with van der Waals surface area (Å²) in [5, 5.41) is 2.94. The molecule has 2 rings (SSSR count). The van der Waals surface area contributed by atoms with E-state index in [1.807, 2.05) is 36.9 Å². The first-order valence-corrected chi connectivity index (χ1v) is 7.77. The highest BCUT2D eigenvalue weighted by Crippen LogP contribution is 2.18. The molecule has 0 spiro atoms. The van der Waals surface area contributed by atoms with Crippen LogP contribution in [0.5, 0.6) is 0 Å². The number of nitrogens with zero attached hydrogens (tertiary/aromatic N) is 1. The third kappa shape index (κ3) is 4.44. The second kappa shape index (κ2) is 6.82. The molecule has 1 aliphatic rings. The van der Waals surface area contributed by atoms with Gasteiger partial charge in [0.15, 0.2) is 0 Å². The molecular formula is C14H21N3OS. The molecule has 1 amide bonds. The van der Waals surface area contributed by atoms with Gasteiger partial charge in [-0.2, -0.15) is 11.8 Å². The third-order valence-electron chi connectivity index (χ3n) is 3.29. The number of rotatable bonds is 4. The van der Waals surface area contributed by atoms with Crippen LogP contribution in [-0.2, 0) is 4.79 Å². The van der Waals surface area contributed by atoms with Crippen molar-refractivity contribution in [3.05, 3.63) is 23.8 Å². The van der Waals surface area contributed by atoms with Crippen LogP contribution in [0.3, 0.4) is 0 Å². The number of anilines is 2. The van der Waals surface area contributed by atoms with Crippen LogP contribution < -0.4 is 11.1 Å². The molecule has 0 aromatic heterocycles. The summed E-state index contributed by atoms with van der Waals surface area (Å²) in [6.45, 7) is 5.00. The summed E-state index contributed by atoms with van der Waals surface area (Å²) in [6, 6.07) is 5.58. The number of nitrogens with one attached hydrogen (secondary N) is 1. The molecule has 4 nitrogen and oxygen atoms in total. The van der Waals surface area contributed by atoms with Crippen molar-refractivity contribution in [1.29, 1.82) is 0 Å². The van der Waals surface area contributed by atoms with Gasteiger partial charge in [0, 0.05) is 48.9 Å². The molecule has 3 N–H and O–H groups in total. The second-order valence-electron chi connectivity index (χ2n) is 4.83. The minimum absolute atomic E-state index is 0.0620. The fourth-order valence-electron chi connectivity index (χ4n) is 2.07. The molecule has 1 saturated heterocycles. The molecule has 1 aliphatic heterocycles. The Morgan fingerprint density at radius 3 is 2.89 bits per heavy atom. The summed E-state index contributed by atoms with van der Waals surface area (Å²) >= 11 is 1.98. The Bertz CT molecular complexity index is 444. The van der Waals surface area contributed by atoms with Crippen molar-refractivity contribution < 1.29 is 4.79 Å². The van der Waals surface area contributed by atoms with Crippen molar-refractivity contribution in [2.75, 3.05) is 42.2 Å². The van der Waals surface area contributed by atoms with Crippen LogP contribution >= 0.6 is 11.8 Å². The molecule has 5 heteroatoms. The minimum Gasteiger partial charge on any atom is -0.399 e. The van der Waals surface area contributed by atoms with Gasteiger partial charge in [-0.3, -0.25) is 4.79 Å². The highest BCUT2D eigenvalue weighted by molar-refractivity contribution is 7.99. The summed E-state index contributed by atoms with van der Waals surface area (Å²) in [5.41, 5.74) is 8.26. The zero-order chi connectivity index (χ0) is 13.7. The molecule has 0 atom stereocenters. The Labute approximate surface area is 118 Å². The van der Waals surface area contributed by atoms with Gasteiger partial charge < -0.3 is 16.0 Å². The SMILES string of the molecule is Cc1ccc(N)cc1NC(=O)CCN1CCSCC1. The summed E-state index contributed by atoms with van der Waals surface area (Å²) in [6.07, 6.45) is 0.541. The van der Waals surface area contributed by atoms with E-state index in [1.54, 1.807) is 0 Å². The average Bonchev–Trinajstić information content (AvgIpc) is 2.42. The summed E-state index contributed by atoms with van der Waals surface area (Å²) < 4.78 is 0. The fourth-order valence-corrected chi connectivity index (χ4v) is 3.05. The standard InChI is InChI=1S/C14H21N3OS/c1-11-2-3-12(15)10-13(11)16-14(18)4-5-17-6-8-19-9-7-17/h2-3,10H,4-9,15H2,1H3,(H,16,18). The van der Waals surface area contributed by atoms with E-state index in [9.17, 15) is 4.79 Å². The van der Waals surface area contributed by atoms with E-state index in [0.29, 0.717) is 12.1 Å². The Balaban J connectivity index is 1.81. The summed E-state index contributed by atoms with van der Waals surface area (Å²) in [4.78, 5) is 14.3. The highest BCUT2D eigenvalue weighted by Gasteiger charge is 2.12. The van der Waals surface area contributed by atoms with Gasteiger partial charge in [-0.15, -0.1) is 0 Å². The third-order valence-corrected chi connectivity index (χ3v) is 4.24. The first-order chi connectivity index (χ1) is 9.15. The lowest BCUT2D eigenvalue weighted by Crippen LogP contribution is -2.35. The first-order valence-electron chi connectivity index (χ1n) is 6.61. The van der Waals surface area contributed by atoms with E-state index >= 15 is 0 Å². The van der Waals surface area contributed by atoms with Gasteiger partial charge in [-0.25, -0.2) is 0 Å². The summed E-state index contributed by atoms with van der Waals surface area (Å²) in [5.74, 6) is 2.42. The number of carbonyl (C=O) groups excluding carboxylic acids is 1. The lowest BCUT2D eigenvalue weighted by molar-refractivity contribution is -0.116. The van der Waals surface area contributed by atoms with E-state index in [2.05, 4.69) is 10.2 Å². The zero-order valence-electron chi connectivity index (χ0n) is 11.3. The number of nitrogens with two attached hydrogens (primary N) is 1. The number of nitrogen functional groups attached to an aromatic ring is 1. The van der Waals surface area contributed by atoms with Gasteiger partial charge in [0.1, 0.15) is 0 Å². The van der Waals surface area contributed by atoms with Gasteiger partial charge >= 0.3 is 0 Å². The molecule has 0 bridgehead atoms. The smallest absolute Gasteiger partial charge is 0.225 e. The number of aryl methyl sites for hydroxylation is 1. The normalized spacial score (nSPS) is 16.3. The maximum atomic E-state index is 11.9. The number of hydrogen-bond acceptors (Lipinski definition) is 4. The van der Waals surface area contributed by atoms with Crippen molar-refractivity contribution in [2.24, 2.45) is 0 Å². The molecule has 0 saturated carbocycles. The summed E-state index contributed by atoms with van der Waals surface area (Å²) in [7, 11) is 0. The number of amides is 1. The second-order valence-corrected chi connectivity index (χ2v) is 6.05. The van der Waals surface area contributed by atoms with Crippen LogP contribution in [0.15, 0.2) is 18.2 Å². The van der Waals surface area contributed by atoms with Gasteiger partial charge in [-0.1, -0.05) is 6.07 Å². The molecule has 0 unspecified atom stereocenters. The topological polar surface area (TPSA) is 58.4 Å². The molecule has 1 aromatic carbocycles. The molecule has 0 aliphatic carbocycles. The molecule has 104 valence electrons. The van der Waals surface area contributed by atoms with Crippen molar-refractivity contribution >= 4 is 29.0 Å². The van der Waals surface area contributed by atoms with Gasteiger partial charge in [0.25, 0.3) is 0 Å². The van der Waals surface area contributed by atoms with Crippen LogP contribution in [0.4, 0.5) is 11.4 Å². The van der Waals surface area contributed by atoms with E-state index in [-0.39, 0.29) is 5.91 Å². The lowest BCUT2D eigenvalue weighted by Gasteiger charge is -2.25. The molecule has 0 radical (unpaired) electrons. The molecule has 1 fully saturated rings. The van der Waals surface area contributed by atoms with E-state index in [0.717, 1.165) is 30.9 Å². The van der Waals surface area contributed by atoms with Crippen LogP contribution in [0.25, 0.3) is 0 Å². The Kier molecular flexibility index (Phi) is 5.10. The van der Waals surface area contributed by atoms with Crippen molar-refractivity contribution in [2.45, 2.75) is 13.3 Å². The fraction of sp³-hybridized carbons (Fsp3) is 0.500. The van der Waals surface area contributed by atoms with Gasteiger partial charge in [0.05, 0.1) is 0 Å². The quantitative estimate of drug-likeness (QED) is 0.827. The lowest BCUT2D eigenvalue weighted by atomic mass is 10.2. The number of benzene rings is 1.